The first-order valence-electron chi connectivity index (χ1n) is 12.8. The minimum Gasteiger partial charge on any atom is -0.352 e. The molecule has 0 radical (unpaired) electrons. The van der Waals surface area contributed by atoms with Crippen molar-refractivity contribution in [1.82, 2.24) is 10.2 Å². The smallest absolute Gasteiger partial charge is 0.243 e. The van der Waals surface area contributed by atoms with Crippen LogP contribution in [-0.4, -0.2) is 28.8 Å². The van der Waals surface area contributed by atoms with E-state index in [0.717, 1.165) is 47.9 Å². The Morgan fingerprint density at radius 3 is 2.31 bits per heavy atom. The van der Waals surface area contributed by atoms with E-state index in [9.17, 15) is 9.59 Å². The van der Waals surface area contributed by atoms with Crippen molar-refractivity contribution in [2.45, 2.75) is 71.0 Å². The Labute approximate surface area is 219 Å². The topological polar surface area (TPSA) is 49.4 Å². The van der Waals surface area contributed by atoms with Gasteiger partial charge in [-0.1, -0.05) is 91.2 Å². The molecule has 0 aromatic heterocycles. The number of rotatable bonds is 9. The molecule has 1 aliphatic carbocycles. The Morgan fingerprint density at radius 2 is 1.61 bits per heavy atom. The fourth-order valence-electron chi connectivity index (χ4n) is 4.92. The maximum Gasteiger partial charge on any atom is 0.243 e. The van der Waals surface area contributed by atoms with Crippen molar-refractivity contribution in [3.8, 4) is 0 Å². The maximum atomic E-state index is 13.9. The van der Waals surface area contributed by atoms with Crippen LogP contribution >= 0.6 is 11.6 Å². The molecule has 1 aliphatic rings. The average molecular weight is 503 g/mol. The molecule has 4 rings (SSSR count). The lowest BCUT2D eigenvalue weighted by molar-refractivity contribution is -0.141. The number of carbonyl (C=O) groups is 2. The van der Waals surface area contributed by atoms with Crippen LogP contribution < -0.4 is 5.32 Å². The van der Waals surface area contributed by atoms with Gasteiger partial charge in [-0.2, -0.15) is 0 Å². The molecule has 4 nitrogen and oxygen atoms in total. The summed E-state index contributed by atoms with van der Waals surface area (Å²) in [6.07, 6.45) is 4.92. The largest absolute Gasteiger partial charge is 0.352 e. The van der Waals surface area contributed by atoms with Crippen LogP contribution in [0.15, 0.2) is 72.8 Å². The van der Waals surface area contributed by atoms with E-state index in [-0.39, 0.29) is 30.8 Å². The zero-order valence-electron chi connectivity index (χ0n) is 21.2. The molecule has 0 saturated heterocycles. The highest BCUT2D eigenvalue weighted by Gasteiger charge is 2.32. The van der Waals surface area contributed by atoms with Crippen molar-refractivity contribution < 1.29 is 9.59 Å². The Hall–Kier alpha value is -3.11. The minimum absolute atomic E-state index is 0.0827. The fraction of sp³-hybridized carbons (Fsp3) is 0.355. The lowest BCUT2D eigenvalue weighted by Crippen LogP contribution is -2.52. The standard InChI is InChI=1S/C31H35ClN2O2/c1-22-16-17-25(18-23(22)2)20-30(35)34(21-26-12-6-9-15-28(26)32)29(19-24-10-4-3-5-11-24)31(36)33-27-13-7-8-14-27/h3-6,9-12,15-18,27,29H,7-8,13-14,19-21H2,1-2H3,(H,33,36)/t29-/m1/s1. The van der Waals surface area contributed by atoms with Gasteiger partial charge in [0.25, 0.3) is 0 Å². The van der Waals surface area contributed by atoms with Gasteiger partial charge in [-0.3, -0.25) is 9.59 Å². The van der Waals surface area contributed by atoms with Crippen molar-refractivity contribution in [3.63, 3.8) is 0 Å². The molecule has 1 fully saturated rings. The van der Waals surface area contributed by atoms with E-state index in [2.05, 4.69) is 25.2 Å². The molecule has 3 aromatic carbocycles. The van der Waals surface area contributed by atoms with E-state index in [0.29, 0.717) is 11.4 Å². The van der Waals surface area contributed by atoms with Gasteiger partial charge in [0.2, 0.25) is 11.8 Å². The predicted octanol–water partition coefficient (Wildman–Crippen LogP) is 6.20. The first kappa shape index (κ1) is 26.0. The summed E-state index contributed by atoms with van der Waals surface area (Å²) in [6, 6.07) is 23.1. The van der Waals surface area contributed by atoms with Crippen LogP contribution in [0.2, 0.25) is 5.02 Å². The van der Waals surface area contributed by atoms with Crippen LogP contribution in [0.3, 0.4) is 0 Å². The van der Waals surface area contributed by atoms with Gasteiger partial charge in [-0.05, 0) is 60.6 Å². The monoisotopic (exact) mass is 502 g/mol. The second-order valence-corrected chi connectivity index (χ2v) is 10.3. The molecule has 5 heteroatoms. The molecule has 0 spiro atoms. The molecule has 0 heterocycles. The third-order valence-corrected chi connectivity index (χ3v) is 7.57. The van der Waals surface area contributed by atoms with Gasteiger partial charge < -0.3 is 10.2 Å². The number of nitrogens with zero attached hydrogens (tertiary/aromatic N) is 1. The van der Waals surface area contributed by atoms with Gasteiger partial charge in [0.05, 0.1) is 6.42 Å². The van der Waals surface area contributed by atoms with Gasteiger partial charge in [0.1, 0.15) is 6.04 Å². The van der Waals surface area contributed by atoms with Gasteiger partial charge in [0.15, 0.2) is 0 Å². The van der Waals surface area contributed by atoms with Crippen LogP contribution in [-0.2, 0) is 29.0 Å². The molecular formula is C31H35ClN2O2. The Bertz CT molecular complexity index is 1190. The minimum atomic E-state index is -0.636. The number of carbonyl (C=O) groups excluding carboxylic acids is 2. The van der Waals surface area contributed by atoms with Gasteiger partial charge >= 0.3 is 0 Å². The molecule has 36 heavy (non-hydrogen) atoms. The number of aryl methyl sites for hydroxylation is 2. The van der Waals surface area contributed by atoms with Crippen LogP contribution in [0.4, 0.5) is 0 Å². The number of halogens is 1. The molecule has 2 amide bonds. The molecule has 0 unspecified atom stereocenters. The van der Waals surface area contributed by atoms with E-state index < -0.39 is 6.04 Å². The first-order chi connectivity index (χ1) is 17.4. The number of hydrogen-bond donors (Lipinski definition) is 1. The maximum absolute atomic E-state index is 13.9. The van der Waals surface area contributed by atoms with Crippen molar-refractivity contribution in [2.75, 3.05) is 0 Å². The summed E-state index contributed by atoms with van der Waals surface area (Å²) in [7, 11) is 0. The number of hydrogen-bond acceptors (Lipinski definition) is 2. The Kier molecular flexibility index (Phi) is 8.82. The van der Waals surface area contributed by atoms with E-state index in [1.54, 1.807) is 4.90 Å². The second kappa shape index (κ2) is 12.2. The summed E-state index contributed by atoms with van der Waals surface area (Å²) < 4.78 is 0. The molecule has 0 bridgehead atoms. The fourth-order valence-corrected chi connectivity index (χ4v) is 5.12. The normalized spacial score (nSPS) is 14.4. The zero-order valence-corrected chi connectivity index (χ0v) is 21.9. The van der Waals surface area contributed by atoms with Gasteiger partial charge in [0, 0.05) is 24.0 Å². The van der Waals surface area contributed by atoms with Gasteiger partial charge in [-0.15, -0.1) is 0 Å². The zero-order chi connectivity index (χ0) is 25.5. The Morgan fingerprint density at radius 1 is 0.917 bits per heavy atom. The summed E-state index contributed by atoms with van der Waals surface area (Å²) >= 11 is 6.51. The summed E-state index contributed by atoms with van der Waals surface area (Å²) in [5.74, 6) is -0.174. The lowest BCUT2D eigenvalue weighted by Gasteiger charge is -2.32. The molecule has 1 atom stereocenters. The molecule has 1 saturated carbocycles. The summed E-state index contributed by atoms with van der Waals surface area (Å²) in [6.45, 7) is 4.39. The van der Waals surface area contributed by atoms with Crippen LogP contribution in [0, 0.1) is 13.8 Å². The summed E-state index contributed by atoms with van der Waals surface area (Å²) in [5.41, 5.74) is 5.14. The van der Waals surface area contributed by atoms with E-state index in [1.165, 1.54) is 5.56 Å². The van der Waals surface area contributed by atoms with Crippen LogP contribution in [0.5, 0.6) is 0 Å². The predicted molar refractivity (Wildman–Crippen MR) is 146 cm³/mol. The van der Waals surface area contributed by atoms with Crippen LogP contribution in [0.1, 0.15) is 53.5 Å². The first-order valence-corrected chi connectivity index (χ1v) is 13.2. The molecule has 188 valence electrons. The van der Waals surface area contributed by atoms with E-state index >= 15 is 0 Å². The number of amides is 2. The van der Waals surface area contributed by atoms with Crippen molar-refractivity contribution >= 4 is 23.4 Å². The third kappa shape index (κ3) is 6.76. The second-order valence-electron chi connectivity index (χ2n) is 9.90. The highest BCUT2D eigenvalue weighted by molar-refractivity contribution is 6.31. The van der Waals surface area contributed by atoms with Crippen LogP contribution in [0.25, 0.3) is 0 Å². The Balaban J connectivity index is 1.67. The molecular weight excluding hydrogens is 468 g/mol. The molecule has 3 aromatic rings. The van der Waals surface area contributed by atoms with Crippen molar-refractivity contribution in [3.05, 3.63) is 106 Å². The highest BCUT2D eigenvalue weighted by atomic mass is 35.5. The number of benzene rings is 3. The van der Waals surface area contributed by atoms with Crippen molar-refractivity contribution in [1.29, 1.82) is 0 Å². The van der Waals surface area contributed by atoms with E-state index in [1.807, 2.05) is 66.7 Å². The molecule has 0 aliphatic heterocycles. The lowest BCUT2D eigenvalue weighted by atomic mass is 10.00. The SMILES string of the molecule is Cc1ccc(CC(=O)N(Cc2ccccc2Cl)[C@H](Cc2ccccc2)C(=O)NC2CCCC2)cc1C. The third-order valence-electron chi connectivity index (χ3n) is 7.20. The summed E-state index contributed by atoms with van der Waals surface area (Å²) in [4.78, 5) is 29.4. The number of nitrogens with one attached hydrogen (secondary N) is 1. The summed E-state index contributed by atoms with van der Waals surface area (Å²) in [5, 5.41) is 3.84. The molecule has 1 N–H and O–H groups in total. The van der Waals surface area contributed by atoms with Gasteiger partial charge in [-0.25, -0.2) is 0 Å². The average Bonchev–Trinajstić information content (AvgIpc) is 3.38. The highest BCUT2D eigenvalue weighted by Crippen LogP contribution is 2.23. The van der Waals surface area contributed by atoms with Crippen molar-refractivity contribution in [2.24, 2.45) is 0 Å². The van der Waals surface area contributed by atoms with E-state index in [4.69, 9.17) is 11.6 Å². The quantitative estimate of drug-likeness (QED) is 0.379.